The molecular weight excluding hydrogens is 280 g/mol. The Kier molecular flexibility index (Phi) is 25.3. The molecule has 1 heteroatoms. The van der Waals surface area contributed by atoms with Gasteiger partial charge >= 0.3 is 0 Å². The van der Waals surface area contributed by atoms with Crippen LogP contribution in [0.3, 0.4) is 0 Å². The minimum absolute atomic E-state index is 0.0752. The van der Waals surface area contributed by atoms with Gasteiger partial charge < -0.3 is 0 Å². The average Bonchev–Trinajstić information content (AvgIpc) is 2.68. The summed E-state index contributed by atoms with van der Waals surface area (Å²) >= 11 is 0. The first kappa shape index (κ1) is 26.0. The van der Waals surface area contributed by atoms with Gasteiger partial charge in [-0.25, -0.2) is 0 Å². The Morgan fingerprint density at radius 2 is 0.826 bits per heavy atom. The van der Waals surface area contributed by atoms with Gasteiger partial charge in [-0.2, -0.15) is 0 Å². The van der Waals surface area contributed by atoms with Crippen molar-refractivity contribution in [2.24, 2.45) is 0 Å². The zero-order valence-electron chi connectivity index (χ0n) is 16.4. The van der Waals surface area contributed by atoms with Crippen LogP contribution in [0.15, 0.2) is 60.7 Å². The molecule has 1 nitrogen and oxygen atoms in total. The molecule has 0 N–H and O–H groups in total. The Morgan fingerprint density at radius 1 is 0.609 bits per heavy atom. The molecule has 0 amide bonds. The van der Waals surface area contributed by atoms with E-state index in [1.165, 1.54) is 6.42 Å². The molecule has 0 atom stereocenters. The summed E-state index contributed by atoms with van der Waals surface area (Å²) in [6.45, 7) is 16.2. The first-order valence-corrected chi connectivity index (χ1v) is 8.94. The predicted molar refractivity (Wildman–Crippen MR) is 106 cm³/mol. The summed E-state index contributed by atoms with van der Waals surface area (Å²) in [6.07, 6.45) is 1.25. The van der Waals surface area contributed by atoms with Crippen LogP contribution in [-0.2, 0) is 0 Å². The summed E-state index contributed by atoms with van der Waals surface area (Å²) in [5, 5.41) is 0. The maximum atomic E-state index is 11.8. The molecule has 0 aliphatic heterocycles. The summed E-state index contributed by atoms with van der Waals surface area (Å²) in [5.74, 6) is 0.0752. The molecule has 2 rings (SSSR count). The van der Waals surface area contributed by atoms with E-state index in [1.807, 2.05) is 102 Å². The van der Waals surface area contributed by atoms with E-state index in [4.69, 9.17) is 0 Å². The zero-order chi connectivity index (χ0) is 18.5. The second-order valence-electron chi connectivity index (χ2n) is 3.77. The molecular formula is C22H36O. The molecule has 0 aliphatic rings. The second kappa shape index (κ2) is 22.4. The molecule has 0 spiro atoms. The molecule has 23 heavy (non-hydrogen) atoms. The highest BCUT2D eigenvalue weighted by Crippen LogP contribution is 2.08. The Bertz CT molecular complexity index is 391. The van der Waals surface area contributed by atoms with E-state index < -0.39 is 0 Å². The minimum atomic E-state index is 0.0752. The summed E-state index contributed by atoms with van der Waals surface area (Å²) in [6, 6.07) is 18.6. The second-order valence-corrected chi connectivity index (χ2v) is 3.77. The van der Waals surface area contributed by atoms with Crippen molar-refractivity contribution in [3.8, 4) is 0 Å². The molecule has 0 heterocycles. The van der Waals surface area contributed by atoms with Crippen LogP contribution >= 0.6 is 0 Å². The van der Waals surface area contributed by atoms with Crippen molar-refractivity contribution in [1.82, 2.24) is 0 Å². The largest absolute Gasteiger partial charge is 0.289 e. The molecule has 0 aromatic heterocycles. The average molecular weight is 317 g/mol. The molecule has 2 aromatic rings. The van der Waals surface area contributed by atoms with E-state index in [2.05, 4.69) is 13.8 Å². The van der Waals surface area contributed by atoms with Crippen LogP contribution in [0.1, 0.15) is 77.7 Å². The van der Waals surface area contributed by atoms with Gasteiger partial charge in [0, 0.05) is 11.1 Å². The molecule has 130 valence electrons. The number of benzene rings is 2. The topological polar surface area (TPSA) is 17.1 Å². The van der Waals surface area contributed by atoms with Crippen molar-refractivity contribution in [1.29, 1.82) is 0 Å². The number of carbonyl (C=O) groups is 1. The third-order valence-corrected chi connectivity index (χ3v) is 2.07. The first-order chi connectivity index (χ1) is 11.3. The van der Waals surface area contributed by atoms with Gasteiger partial charge in [-0.05, 0) is 0 Å². The van der Waals surface area contributed by atoms with Crippen LogP contribution in [0.2, 0.25) is 0 Å². The zero-order valence-corrected chi connectivity index (χ0v) is 16.4. The van der Waals surface area contributed by atoms with E-state index >= 15 is 0 Å². The molecule has 0 saturated heterocycles. The lowest BCUT2D eigenvalue weighted by atomic mass is 10.0. The fourth-order valence-electron chi connectivity index (χ4n) is 1.35. The van der Waals surface area contributed by atoms with Gasteiger partial charge in [-0.3, -0.25) is 4.79 Å². The van der Waals surface area contributed by atoms with Gasteiger partial charge in [0.1, 0.15) is 0 Å². The SMILES string of the molecule is CC.CC.CC.CCC.O=C(c1ccccc1)c1ccccc1. The van der Waals surface area contributed by atoms with Crippen molar-refractivity contribution in [3.05, 3.63) is 71.8 Å². The fourth-order valence-corrected chi connectivity index (χ4v) is 1.35. The quantitative estimate of drug-likeness (QED) is 0.527. The molecule has 0 bridgehead atoms. The number of rotatable bonds is 2. The van der Waals surface area contributed by atoms with Crippen molar-refractivity contribution in [2.45, 2.75) is 61.8 Å². The van der Waals surface area contributed by atoms with E-state index in [0.717, 1.165) is 11.1 Å². The Balaban J connectivity index is -0.000000382. The highest BCUT2D eigenvalue weighted by Gasteiger charge is 2.06. The van der Waals surface area contributed by atoms with Crippen LogP contribution in [0.25, 0.3) is 0 Å². The van der Waals surface area contributed by atoms with Crippen LogP contribution in [0.5, 0.6) is 0 Å². The van der Waals surface area contributed by atoms with Crippen molar-refractivity contribution < 1.29 is 4.79 Å². The number of carbonyl (C=O) groups excluding carboxylic acids is 1. The van der Waals surface area contributed by atoms with Gasteiger partial charge in [-0.1, -0.05) is 122 Å². The molecule has 0 saturated carbocycles. The van der Waals surface area contributed by atoms with E-state index in [-0.39, 0.29) is 5.78 Å². The third-order valence-electron chi connectivity index (χ3n) is 2.07. The van der Waals surface area contributed by atoms with E-state index in [0.29, 0.717) is 0 Å². The van der Waals surface area contributed by atoms with Gasteiger partial charge in [0.2, 0.25) is 0 Å². The smallest absolute Gasteiger partial charge is 0.193 e. The number of hydrogen-bond donors (Lipinski definition) is 0. The van der Waals surface area contributed by atoms with Crippen molar-refractivity contribution in [2.75, 3.05) is 0 Å². The summed E-state index contributed by atoms with van der Waals surface area (Å²) in [7, 11) is 0. The predicted octanol–water partition coefficient (Wildman–Crippen LogP) is 7.41. The number of hydrogen-bond acceptors (Lipinski definition) is 1. The maximum Gasteiger partial charge on any atom is 0.193 e. The Labute approximate surface area is 144 Å². The Morgan fingerprint density at radius 3 is 1.04 bits per heavy atom. The Hall–Kier alpha value is -1.89. The summed E-state index contributed by atoms with van der Waals surface area (Å²) in [5.41, 5.74) is 1.47. The maximum absolute atomic E-state index is 11.8. The molecule has 0 unspecified atom stereocenters. The fraction of sp³-hybridized carbons (Fsp3) is 0.409. The van der Waals surface area contributed by atoms with Crippen molar-refractivity contribution in [3.63, 3.8) is 0 Å². The van der Waals surface area contributed by atoms with Crippen LogP contribution in [0.4, 0.5) is 0 Å². The minimum Gasteiger partial charge on any atom is -0.289 e. The van der Waals surface area contributed by atoms with E-state index in [1.54, 1.807) is 0 Å². The highest BCUT2D eigenvalue weighted by atomic mass is 16.1. The highest BCUT2D eigenvalue weighted by molar-refractivity contribution is 6.08. The van der Waals surface area contributed by atoms with E-state index in [9.17, 15) is 4.79 Å². The molecule has 2 aromatic carbocycles. The molecule has 0 fully saturated rings. The summed E-state index contributed by atoms with van der Waals surface area (Å²) < 4.78 is 0. The lowest BCUT2D eigenvalue weighted by Gasteiger charge is -1.99. The van der Waals surface area contributed by atoms with Gasteiger partial charge in [0.15, 0.2) is 5.78 Å². The molecule has 0 radical (unpaired) electrons. The van der Waals surface area contributed by atoms with Crippen LogP contribution < -0.4 is 0 Å². The van der Waals surface area contributed by atoms with Crippen molar-refractivity contribution >= 4 is 5.78 Å². The van der Waals surface area contributed by atoms with Gasteiger partial charge in [0.05, 0.1) is 0 Å². The summed E-state index contributed by atoms with van der Waals surface area (Å²) in [4.78, 5) is 11.8. The third kappa shape index (κ3) is 13.5. The normalized spacial score (nSPS) is 7.48. The van der Waals surface area contributed by atoms with Gasteiger partial charge in [-0.15, -0.1) is 0 Å². The van der Waals surface area contributed by atoms with Gasteiger partial charge in [0.25, 0.3) is 0 Å². The number of ketones is 1. The standard InChI is InChI=1S/C13H10O.C3H8.3C2H6/c14-13(11-7-3-1-4-8-11)12-9-5-2-6-10-12;1-3-2;3*1-2/h1-10H;3H2,1-2H3;3*1-2H3. The molecule has 0 aliphatic carbocycles. The monoisotopic (exact) mass is 316 g/mol. The lowest BCUT2D eigenvalue weighted by Crippen LogP contribution is -1.99. The van der Waals surface area contributed by atoms with Crippen LogP contribution in [0, 0.1) is 0 Å². The first-order valence-electron chi connectivity index (χ1n) is 8.94. The lowest BCUT2D eigenvalue weighted by molar-refractivity contribution is 0.103. The van der Waals surface area contributed by atoms with Crippen LogP contribution in [-0.4, -0.2) is 5.78 Å².